The number of nitrogens with one attached hydrogen (secondary N) is 1. The fraction of sp³-hybridized carbons (Fsp3) is 0.385. The highest BCUT2D eigenvalue weighted by molar-refractivity contribution is 7.16. The topological polar surface area (TPSA) is 30.5 Å². The van der Waals surface area contributed by atoms with Crippen molar-refractivity contribution in [1.82, 2.24) is 5.32 Å². The molecule has 19 heavy (non-hydrogen) atoms. The van der Waals surface area contributed by atoms with Crippen LogP contribution in [0.3, 0.4) is 0 Å². The van der Waals surface area contributed by atoms with E-state index in [0.29, 0.717) is 6.54 Å². The summed E-state index contributed by atoms with van der Waals surface area (Å²) < 4.78 is 11.2. The molecule has 0 saturated heterocycles. The fourth-order valence-electron chi connectivity index (χ4n) is 1.76. The summed E-state index contributed by atoms with van der Waals surface area (Å²) in [6.45, 7) is 0.616. The lowest BCUT2D eigenvalue weighted by Crippen LogP contribution is -2.32. The number of ether oxygens (including phenoxy) is 2. The number of halogens is 1. The number of hydrogen-bond acceptors (Lipinski definition) is 5. The highest BCUT2D eigenvalue weighted by atomic mass is 35.5. The van der Waals surface area contributed by atoms with Crippen LogP contribution in [0.2, 0.25) is 4.34 Å². The van der Waals surface area contributed by atoms with E-state index >= 15 is 0 Å². The van der Waals surface area contributed by atoms with Crippen LogP contribution in [0, 0.1) is 0 Å². The van der Waals surface area contributed by atoms with Crippen molar-refractivity contribution in [3.05, 3.63) is 43.7 Å². The lowest BCUT2D eigenvalue weighted by Gasteiger charge is -2.20. The first-order valence-corrected chi connectivity index (χ1v) is 7.89. The van der Waals surface area contributed by atoms with Crippen molar-refractivity contribution in [2.75, 3.05) is 20.8 Å². The molecule has 3 nitrogen and oxygen atoms in total. The minimum Gasteiger partial charge on any atom is -0.355 e. The van der Waals surface area contributed by atoms with E-state index in [1.807, 2.05) is 12.1 Å². The van der Waals surface area contributed by atoms with Crippen molar-refractivity contribution in [3.63, 3.8) is 0 Å². The van der Waals surface area contributed by atoms with Crippen molar-refractivity contribution in [1.29, 1.82) is 0 Å². The van der Waals surface area contributed by atoms with Gasteiger partial charge >= 0.3 is 0 Å². The van der Waals surface area contributed by atoms with Crippen LogP contribution in [0.25, 0.3) is 0 Å². The molecule has 1 unspecified atom stereocenters. The predicted octanol–water partition coefficient (Wildman–Crippen LogP) is 3.76. The van der Waals surface area contributed by atoms with Gasteiger partial charge in [-0.25, -0.2) is 0 Å². The van der Waals surface area contributed by atoms with Crippen LogP contribution in [0.15, 0.2) is 29.6 Å². The summed E-state index contributed by atoms with van der Waals surface area (Å²) in [7, 11) is 3.27. The second-order valence-electron chi connectivity index (χ2n) is 3.90. The highest BCUT2D eigenvalue weighted by Crippen LogP contribution is 2.33. The molecule has 0 saturated carbocycles. The van der Waals surface area contributed by atoms with Gasteiger partial charge < -0.3 is 9.47 Å². The van der Waals surface area contributed by atoms with Gasteiger partial charge in [-0.15, -0.1) is 22.7 Å². The van der Waals surface area contributed by atoms with Crippen molar-refractivity contribution in [3.8, 4) is 0 Å². The van der Waals surface area contributed by atoms with Crippen LogP contribution in [0.5, 0.6) is 0 Å². The van der Waals surface area contributed by atoms with Gasteiger partial charge in [0.25, 0.3) is 0 Å². The predicted molar refractivity (Wildman–Crippen MR) is 81.3 cm³/mol. The van der Waals surface area contributed by atoms with Crippen molar-refractivity contribution < 1.29 is 9.47 Å². The van der Waals surface area contributed by atoms with E-state index in [0.717, 1.165) is 4.34 Å². The van der Waals surface area contributed by atoms with Crippen molar-refractivity contribution >= 4 is 34.3 Å². The Kier molecular flexibility index (Phi) is 5.81. The van der Waals surface area contributed by atoms with Crippen LogP contribution >= 0.6 is 34.3 Å². The molecule has 2 heterocycles. The van der Waals surface area contributed by atoms with Gasteiger partial charge in [0.15, 0.2) is 6.29 Å². The van der Waals surface area contributed by atoms with Crippen LogP contribution in [0.1, 0.15) is 15.8 Å². The van der Waals surface area contributed by atoms with E-state index in [9.17, 15) is 0 Å². The molecule has 1 atom stereocenters. The molecule has 2 rings (SSSR count). The van der Waals surface area contributed by atoms with E-state index in [1.165, 1.54) is 9.75 Å². The van der Waals surface area contributed by atoms with Gasteiger partial charge in [-0.05, 0) is 23.6 Å². The summed E-state index contributed by atoms with van der Waals surface area (Å²) in [5.41, 5.74) is 0. The summed E-state index contributed by atoms with van der Waals surface area (Å²) in [5.74, 6) is 0. The van der Waals surface area contributed by atoms with E-state index in [2.05, 4.69) is 22.8 Å². The molecule has 2 aromatic heterocycles. The standard InChI is InChI=1S/C13H16ClNO2S2/c1-16-12(17-2)8-15-13(9-4-3-7-18-9)10-5-6-11(14)19-10/h3-7,12-13,15H,8H2,1-2H3. The number of hydrogen-bond donors (Lipinski definition) is 1. The summed E-state index contributed by atoms with van der Waals surface area (Å²) in [6, 6.07) is 8.27. The Hall–Kier alpha value is -0.430. The average Bonchev–Trinajstić information content (AvgIpc) is 3.07. The van der Waals surface area contributed by atoms with Crippen LogP contribution < -0.4 is 5.32 Å². The molecule has 0 spiro atoms. The zero-order valence-electron chi connectivity index (χ0n) is 10.8. The molecule has 0 aromatic carbocycles. The van der Waals surface area contributed by atoms with E-state index in [-0.39, 0.29) is 12.3 Å². The maximum absolute atomic E-state index is 6.03. The van der Waals surface area contributed by atoms with Gasteiger partial charge in [-0.1, -0.05) is 17.7 Å². The quantitative estimate of drug-likeness (QED) is 0.789. The zero-order valence-corrected chi connectivity index (χ0v) is 13.1. The van der Waals surface area contributed by atoms with Gasteiger partial charge in [0.05, 0.1) is 10.4 Å². The lowest BCUT2D eigenvalue weighted by atomic mass is 10.2. The minimum absolute atomic E-state index is 0.130. The van der Waals surface area contributed by atoms with Gasteiger partial charge in [0, 0.05) is 30.5 Å². The molecule has 6 heteroatoms. The normalized spacial score (nSPS) is 13.1. The summed E-state index contributed by atoms with van der Waals surface area (Å²) in [5, 5.41) is 5.54. The molecule has 0 aliphatic rings. The van der Waals surface area contributed by atoms with Crippen LogP contribution in [-0.4, -0.2) is 27.1 Å². The third kappa shape index (κ3) is 4.02. The smallest absolute Gasteiger partial charge is 0.169 e. The van der Waals surface area contributed by atoms with Crippen LogP contribution in [-0.2, 0) is 9.47 Å². The first kappa shape index (κ1) is 15.0. The maximum atomic E-state index is 6.03. The second-order valence-corrected chi connectivity index (χ2v) is 6.63. The number of thiophene rings is 2. The first-order valence-electron chi connectivity index (χ1n) is 5.82. The largest absolute Gasteiger partial charge is 0.355 e. The molecule has 104 valence electrons. The summed E-state index contributed by atoms with van der Waals surface area (Å²) >= 11 is 9.34. The van der Waals surface area contributed by atoms with Gasteiger partial charge in [0.2, 0.25) is 0 Å². The monoisotopic (exact) mass is 317 g/mol. The van der Waals surface area contributed by atoms with Crippen molar-refractivity contribution in [2.45, 2.75) is 12.3 Å². The molecule has 0 amide bonds. The molecule has 0 radical (unpaired) electrons. The van der Waals surface area contributed by atoms with E-state index < -0.39 is 0 Å². The molecule has 2 aromatic rings. The lowest BCUT2D eigenvalue weighted by molar-refractivity contribution is -0.0994. The van der Waals surface area contributed by atoms with Gasteiger partial charge in [-0.3, -0.25) is 5.32 Å². The Morgan fingerprint density at radius 1 is 1.21 bits per heavy atom. The van der Waals surface area contributed by atoms with Crippen LogP contribution in [0.4, 0.5) is 0 Å². The van der Waals surface area contributed by atoms with E-state index in [1.54, 1.807) is 36.9 Å². The maximum Gasteiger partial charge on any atom is 0.169 e. The Bertz CT molecular complexity index is 483. The molecular formula is C13H16ClNO2S2. The summed E-state index contributed by atoms with van der Waals surface area (Å²) in [4.78, 5) is 2.45. The Morgan fingerprint density at radius 2 is 2.00 bits per heavy atom. The molecule has 0 aliphatic heterocycles. The fourth-order valence-corrected chi connectivity index (χ4v) is 3.81. The molecular weight excluding hydrogens is 302 g/mol. The highest BCUT2D eigenvalue weighted by Gasteiger charge is 2.18. The number of rotatable bonds is 7. The molecule has 0 bridgehead atoms. The SMILES string of the molecule is COC(CNC(c1cccs1)c1ccc(Cl)s1)OC. The molecule has 0 fully saturated rings. The molecule has 1 N–H and O–H groups in total. The minimum atomic E-state index is -0.252. The summed E-state index contributed by atoms with van der Waals surface area (Å²) in [6.07, 6.45) is -0.252. The Balaban J connectivity index is 2.11. The zero-order chi connectivity index (χ0) is 13.7. The number of methoxy groups -OCH3 is 2. The first-order chi connectivity index (χ1) is 9.24. The Labute approximate surface area is 126 Å². The molecule has 0 aliphatic carbocycles. The third-order valence-electron chi connectivity index (χ3n) is 2.72. The third-order valence-corrected chi connectivity index (χ3v) is 4.95. The van der Waals surface area contributed by atoms with E-state index in [4.69, 9.17) is 21.1 Å². The van der Waals surface area contributed by atoms with Crippen molar-refractivity contribution in [2.24, 2.45) is 0 Å². The Morgan fingerprint density at radius 3 is 2.53 bits per heavy atom. The second kappa shape index (κ2) is 7.38. The average molecular weight is 318 g/mol. The van der Waals surface area contributed by atoms with Gasteiger partial charge in [-0.2, -0.15) is 0 Å². The van der Waals surface area contributed by atoms with Gasteiger partial charge in [0.1, 0.15) is 0 Å².